The summed E-state index contributed by atoms with van der Waals surface area (Å²) in [6, 6.07) is 6.65. The van der Waals surface area contributed by atoms with Crippen LogP contribution in [0, 0.1) is 0 Å². The Morgan fingerprint density at radius 3 is 2.87 bits per heavy atom. The highest BCUT2D eigenvalue weighted by Gasteiger charge is 2.34. The summed E-state index contributed by atoms with van der Waals surface area (Å²) < 4.78 is 4.97. The Hall–Kier alpha value is -1.43. The molecule has 0 unspecified atom stereocenters. The van der Waals surface area contributed by atoms with Gasteiger partial charge in [0.1, 0.15) is 11.8 Å². The lowest BCUT2D eigenvalue weighted by Gasteiger charge is -2.37. The van der Waals surface area contributed by atoms with Crippen molar-refractivity contribution in [2.24, 2.45) is 0 Å². The first-order valence-corrected chi connectivity index (χ1v) is 8.16. The number of methoxy groups -OCH3 is 1. The molecule has 0 bridgehead atoms. The number of nitrogens with zero attached hydrogens (tertiary/aromatic N) is 1. The molecule has 0 spiro atoms. The summed E-state index contributed by atoms with van der Waals surface area (Å²) in [7, 11) is 1.36. The van der Waals surface area contributed by atoms with E-state index in [1.165, 1.54) is 7.11 Å². The lowest BCUT2D eigenvalue weighted by atomic mass is 9.98. The molecule has 2 rings (SSSR count). The third kappa shape index (κ3) is 4.31. The summed E-state index contributed by atoms with van der Waals surface area (Å²) in [6.45, 7) is 4.65. The Balaban J connectivity index is 2.35. The first-order chi connectivity index (χ1) is 10.9. The predicted octanol–water partition coefficient (Wildman–Crippen LogP) is 3.56. The molecule has 0 aliphatic carbocycles. The van der Waals surface area contributed by atoms with Crippen molar-refractivity contribution in [3.8, 4) is 0 Å². The molecule has 124 valence electrons. The van der Waals surface area contributed by atoms with Crippen molar-refractivity contribution in [3.63, 3.8) is 0 Å². The molecule has 0 radical (unpaired) electrons. The molecule has 23 heavy (non-hydrogen) atoms. The van der Waals surface area contributed by atoms with E-state index < -0.39 is 6.04 Å². The molecule has 1 aliphatic rings. The number of likely N-dealkylation sites (tertiary alicyclic amines) is 1. The summed E-state index contributed by atoms with van der Waals surface area (Å²) in [4.78, 5) is 14.3. The van der Waals surface area contributed by atoms with E-state index in [9.17, 15) is 9.90 Å². The highest BCUT2D eigenvalue weighted by molar-refractivity contribution is 7.81. The van der Waals surface area contributed by atoms with Gasteiger partial charge in [-0.05, 0) is 29.7 Å². The SMILES string of the molecule is C=C(O)/C=C1/CN([C@H](C(=O)OC)c2ccccc2Cl)CC[C@H]1S. The number of thiol groups is 1. The molecule has 4 nitrogen and oxygen atoms in total. The van der Waals surface area contributed by atoms with Gasteiger partial charge in [-0.3, -0.25) is 4.90 Å². The van der Waals surface area contributed by atoms with Crippen LogP contribution in [0.3, 0.4) is 0 Å². The lowest BCUT2D eigenvalue weighted by molar-refractivity contribution is -0.147. The van der Waals surface area contributed by atoms with Crippen molar-refractivity contribution in [1.82, 2.24) is 4.90 Å². The van der Waals surface area contributed by atoms with Gasteiger partial charge in [-0.15, -0.1) is 0 Å². The summed E-state index contributed by atoms with van der Waals surface area (Å²) in [5.74, 6) is -0.383. The van der Waals surface area contributed by atoms with Gasteiger partial charge >= 0.3 is 5.97 Å². The van der Waals surface area contributed by atoms with E-state index in [1.807, 2.05) is 23.1 Å². The molecule has 1 N–H and O–H groups in total. The number of rotatable bonds is 4. The molecular weight excluding hydrogens is 334 g/mol. The van der Waals surface area contributed by atoms with Gasteiger partial charge in [0.25, 0.3) is 0 Å². The van der Waals surface area contributed by atoms with Gasteiger partial charge in [0.2, 0.25) is 0 Å². The zero-order valence-electron chi connectivity index (χ0n) is 12.9. The van der Waals surface area contributed by atoms with Gasteiger partial charge in [0, 0.05) is 23.4 Å². The quantitative estimate of drug-likeness (QED) is 0.493. The third-order valence-electron chi connectivity index (χ3n) is 3.84. The molecule has 0 amide bonds. The number of carbonyl (C=O) groups excluding carboxylic acids is 1. The molecule has 1 aromatic rings. The Kier molecular flexibility index (Phi) is 6.16. The van der Waals surface area contributed by atoms with Gasteiger partial charge in [0.15, 0.2) is 0 Å². The molecule has 1 saturated heterocycles. The summed E-state index contributed by atoms with van der Waals surface area (Å²) in [5.41, 5.74) is 1.62. The van der Waals surface area contributed by atoms with Crippen molar-refractivity contribution in [2.45, 2.75) is 17.7 Å². The first-order valence-electron chi connectivity index (χ1n) is 7.26. The highest BCUT2D eigenvalue weighted by atomic mass is 35.5. The van der Waals surface area contributed by atoms with E-state index in [2.05, 4.69) is 19.2 Å². The molecule has 1 aromatic carbocycles. The highest BCUT2D eigenvalue weighted by Crippen LogP contribution is 2.33. The molecule has 2 atom stereocenters. The number of piperidine rings is 1. The first kappa shape index (κ1) is 17.9. The smallest absolute Gasteiger partial charge is 0.327 e. The van der Waals surface area contributed by atoms with Crippen LogP contribution in [0.1, 0.15) is 18.0 Å². The summed E-state index contributed by atoms with van der Waals surface area (Å²) in [5, 5.41) is 9.98. The molecule has 0 aromatic heterocycles. The monoisotopic (exact) mass is 353 g/mol. The average molecular weight is 354 g/mol. The Morgan fingerprint density at radius 2 is 2.26 bits per heavy atom. The number of hydrogen-bond donors (Lipinski definition) is 2. The third-order valence-corrected chi connectivity index (χ3v) is 4.78. The standard InChI is InChI=1S/C17H20ClNO3S/c1-11(20)9-12-10-19(8-7-15(12)23)16(17(21)22-2)13-5-3-4-6-14(13)18/h3-6,9,15-16,20,23H,1,7-8,10H2,2H3/b12-9-/t15-,16+/m1/s1. The van der Waals surface area contributed by atoms with Crippen LogP contribution in [0.4, 0.5) is 0 Å². The van der Waals surface area contributed by atoms with Crippen molar-refractivity contribution < 1.29 is 14.6 Å². The van der Waals surface area contributed by atoms with Crippen LogP contribution < -0.4 is 0 Å². The van der Waals surface area contributed by atoms with E-state index in [-0.39, 0.29) is 17.0 Å². The van der Waals surface area contributed by atoms with Crippen molar-refractivity contribution in [1.29, 1.82) is 0 Å². The van der Waals surface area contributed by atoms with Crippen LogP contribution in [0.25, 0.3) is 0 Å². The number of esters is 1. The minimum Gasteiger partial charge on any atom is -0.509 e. The number of benzene rings is 1. The van der Waals surface area contributed by atoms with Gasteiger partial charge in [-0.25, -0.2) is 4.79 Å². The van der Waals surface area contributed by atoms with Gasteiger partial charge < -0.3 is 9.84 Å². The van der Waals surface area contributed by atoms with E-state index >= 15 is 0 Å². The summed E-state index contributed by atoms with van der Waals surface area (Å²) in [6.07, 6.45) is 2.35. The minimum atomic E-state index is -0.593. The van der Waals surface area contributed by atoms with Crippen LogP contribution in [0.15, 0.2) is 48.3 Å². The largest absolute Gasteiger partial charge is 0.509 e. The van der Waals surface area contributed by atoms with Crippen LogP contribution >= 0.6 is 24.2 Å². The van der Waals surface area contributed by atoms with Gasteiger partial charge in [0.05, 0.1) is 7.11 Å². The van der Waals surface area contributed by atoms with E-state index in [0.717, 1.165) is 12.0 Å². The zero-order valence-corrected chi connectivity index (χ0v) is 14.6. The molecule has 1 aliphatic heterocycles. The second-order valence-corrected chi connectivity index (χ2v) is 6.46. The fraction of sp³-hybridized carbons (Fsp3) is 0.353. The van der Waals surface area contributed by atoms with E-state index in [4.69, 9.17) is 16.3 Å². The molecule has 1 heterocycles. The molecule has 1 fully saturated rings. The number of allylic oxidation sites excluding steroid dienone is 1. The topological polar surface area (TPSA) is 49.8 Å². The predicted molar refractivity (Wildman–Crippen MR) is 95.0 cm³/mol. The van der Waals surface area contributed by atoms with Crippen molar-refractivity contribution >= 4 is 30.2 Å². The lowest BCUT2D eigenvalue weighted by Crippen LogP contribution is -2.42. The maximum Gasteiger partial charge on any atom is 0.327 e. The maximum atomic E-state index is 12.3. The molecule has 0 saturated carbocycles. The van der Waals surface area contributed by atoms with Crippen LogP contribution in [0.5, 0.6) is 0 Å². The van der Waals surface area contributed by atoms with Crippen molar-refractivity contribution in [3.05, 3.63) is 58.8 Å². The Bertz CT molecular complexity index is 632. The Morgan fingerprint density at radius 1 is 1.57 bits per heavy atom. The molecule has 6 heteroatoms. The van der Waals surface area contributed by atoms with Gasteiger partial charge in [-0.2, -0.15) is 12.6 Å². The Labute approximate surface area is 146 Å². The number of aliphatic hydroxyl groups is 1. The van der Waals surface area contributed by atoms with Crippen LogP contribution in [0.2, 0.25) is 5.02 Å². The second kappa shape index (κ2) is 7.90. The number of aliphatic hydroxyl groups excluding tert-OH is 1. The number of hydrogen-bond acceptors (Lipinski definition) is 5. The van der Waals surface area contributed by atoms with E-state index in [0.29, 0.717) is 23.7 Å². The van der Waals surface area contributed by atoms with Crippen LogP contribution in [-0.4, -0.2) is 41.4 Å². The van der Waals surface area contributed by atoms with Crippen LogP contribution in [-0.2, 0) is 9.53 Å². The zero-order chi connectivity index (χ0) is 17.0. The number of carbonyl (C=O) groups is 1. The fourth-order valence-electron chi connectivity index (χ4n) is 2.75. The average Bonchev–Trinajstić information content (AvgIpc) is 2.51. The van der Waals surface area contributed by atoms with Gasteiger partial charge in [-0.1, -0.05) is 36.4 Å². The minimum absolute atomic E-state index is 0.0201. The number of halogens is 1. The van der Waals surface area contributed by atoms with E-state index in [1.54, 1.807) is 12.1 Å². The number of ether oxygens (including phenoxy) is 1. The fourth-order valence-corrected chi connectivity index (χ4v) is 3.26. The molecular formula is C17H20ClNO3S. The van der Waals surface area contributed by atoms with Crippen molar-refractivity contribution in [2.75, 3.05) is 20.2 Å². The second-order valence-electron chi connectivity index (χ2n) is 5.43. The normalized spacial score (nSPS) is 21.9. The summed E-state index contributed by atoms with van der Waals surface area (Å²) >= 11 is 10.8. The maximum absolute atomic E-state index is 12.3.